The predicted molar refractivity (Wildman–Crippen MR) is 87.5 cm³/mol. The summed E-state index contributed by atoms with van der Waals surface area (Å²) >= 11 is 1.63. The van der Waals surface area contributed by atoms with Gasteiger partial charge in [0.2, 0.25) is 0 Å². The third-order valence-corrected chi connectivity index (χ3v) is 4.64. The molecule has 0 unspecified atom stereocenters. The molecule has 0 spiro atoms. The molecule has 3 aromatic rings. The van der Waals surface area contributed by atoms with Crippen molar-refractivity contribution in [3.8, 4) is 11.3 Å². The minimum atomic E-state index is -0.220. The summed E-state index contributed by atoms with van der Waals surface area (Å²) in [7, 11) is 0. The number of thiophene rings is 1. The van der Waals surface area contributed by atoms with Gasteiger partial charge in [-0.3, -0.25) is 4.79 Å². The van der Waals surface area contributed by atoms with Crippen LogP contribution in [0.3, 0.4) is 0 Å². The average Bonchev–Trinajstić information content (AvgIpc) is 3.32. The van der Waals surface area contributed by atoms with Gasteiger partial charge in [-0.15, -0.1) is 5.10 Å². The second kappa shape index (κ2) is 6.58. The van der Waals surface area contributed by atoms with Gasteiger partial charge >= 0.3 is 0 Å². The Morgan fingerprint density at radius 2 is 2.42 bits per heavy atom. The molecule has 3 aromatic heterocycles. The van der Waals surface area contributed by atoms with Crippen LogP contribution < -0.4 is 5.32 Å². The normalized spacial score (nSPS) is 17.2. The fraction of sp³-hybridized carbons (Fsp3) is 0.312. The Kier molecular flexibility index (Phi) is 4.14. The number of nitrogens with one attached hydrogen (secondary N) is 1. The van der Waals surface area contributed by atoms with Crippen molar-refractivity contribution in [3.63, 3.8) is 0 Å². The molecule has 0 bridgehead atoms. The summed E-state index contributed by atoms with van der Waals surface area (Å²) in [5, 5.41) is 15.5. The number of nitrogens with zero attached hydrogens (tertiary/aromatic N) is 3. The number of carbonyl (C=O) groups is 1. The smallest absolute Gasteiger partial charge is 0.286 e. The zero-order valence-electron chi connectivity index (χ0n) is 12.8. The summed E-state index contributed by atoms with van der Waals surface area (Å²) in [6.45, 7) is 2.18. The first kappa shape index (κ1) is 15.1. The summed E-state index contributed by atoms with van der Waals surface area (Å²) in [5.74, 6) is 0.218. The van der Waals surface area contributed by atoms with Crippen LogP contribution in [0, 0.1) is 5.92 Å². The molecule has 24 heavy (non-hydrogen) atoms. The maximum Gasteiger partial charge on any atom is 0.286 e. The first-order valence-electron chi connectivity index (χ1n) is 7.65. The number of hydrogen-bond acceptors (Lipinski definition) is 6. The van der Waals surface area contributed by atoms with Crippen molar-refractivity contribution < 1.29 is 13.9 Å². The lowest BCUT2D eigenvalue weighted by atomic mass is 10.1. The Morgan fingerprint density at radius 1 is 1.46 bits per heavy atom. The van der Waals surface area contributed by atoms with Gasteiger partial charge in [0.25, 0.3) is 5.91 Å². The van der Waals surface area contributed by atoms with Crippen LogP contribution in [0.2, 0.25) is 0 Å². The van der Waals surface area contributed by atoms with Crippen LogP contribution in [0.1, 0.15) is 16.2 Å². The van der Waals surface area contributed by atoms with Gasteiger partial charge in [-0.05, 0) is 23.6 Å². The van der Waals surface area contributed by atoms with E-state index in [4.69, 9.17) is 9.15 Å². The van der Waals surface area contributed by atoms with E-state index in [-0.39, 0.29) is 11.8 Å². The Bertz CT molecular complexity index is 811. The standard InChI is InChI=1S/C16H16N4O3S/c21-16(14-2-1-4-23-14)17-6-11-7-20-13(9-22-8-11)15(18-19-20)12-3-5-24-10-12/h1-5,10-11H,6-9H2,(H,17,21)/t11-/m1/s1. The van der Waals surface area contributed by atoms with Crippen molar-refractivity contribution in [3.05, 3.63) is 46.7 Å². The molecule has 0 saturated heterocycles. The van der Waals surface area contributed by atoms with E-state index in [1.807, 2.05) is 16.1 Å². The molecule has 1 atom stereocenters. The molecule has 0 aromatic carbocycles. The number of hydrogen-bond donors (Lipinski definition) is 1. The average molecular weight is 344 g/mol. The second-order valence-corrected chi connectivity index (χ2v) is 6.43. The highest BCUT2D eigenvalue weighted by Gasteiger charge is 2.23. The van der Waals surface area contributed by atoms with E-state index in [0.717, 1.165) is 17.0 Å². The molecule has 1 aliphatic heterocycles. The van der Waals surface area contributed by atoms with Gasteiger partial charge in [0, 0.05) is 30.0 Å². The Morgan fingerprint density at radius 3 is 3.21 bits per heavy atom. The van der Waals surface area contributed by atoms with Crippen molar-refractivity contribution in [2.75, 3.05) is 13.2 Å². The molecule has 0 aliphatic carbocycles. The molecule has 8 heteroatoms. The molecular weight excluding hydrogens is 328 g/mol. The third-order valence-electron chi connectivity index (χ3n) is 3.95. The van der Waals surface area contributed by atoms with Gasteiger partial charge in [0.1, 0.15) is 5.69 Å². The molecule has 7 nitrogen and oxygen atoms in total. The van der Waals surface area contributed by atoms with Gasteiger partial charge in [-0.2, -0.15) is 11.3 Å². The van der Waals surface area contributed by atoms with Crippen LogP contribution in [-0.4, -0.2) is 34.1 Å². The van der Waals surface area contributed by atoms with Crippen LogP contribution >= 0.6 is 11.3 Å². The topological polar surface area (TPSA) is 82.2 Å². The summed E-state index contributed by atoms with van der Waals surface area (Å²) in [4.78, 5) is 12.0. The van der Waals surface area contributed by atoms with E-state index in [9.17, 15) is 4.79 Å². The minimum Gasteiger partial charge on any atom is -0.459 e. The fourth-order valence-electron chi connectivity index (χ4n) is 2.72. The highest BCUT2D eigenvalue weighted by molar-refractivity contribution is 7.08. The maximum atomic E-state index is 12.0. The van der Waals surface area contributed by atoms with Crippen LogP contribution in [0.25, 0.3) is 11.3 Å². The number of furan rings is 1. The zero-order valence-corrected chi connectivity index (χ0v) is 13.7. The summed E-state index contributed by atoms with van der Waals surface area (Å²) in [6.07, 6.45) is 1.48. The Hall–Kier alpha value is -2.45. The molecule has 1 N–H and O–H groups in total. The SMILES string of the molecule is O=C(NC[C@H]1COCc2c(-c3ccsc3)nnn2C1)c1ccco1. The number of carbonyl (C=O) groups excluding carboxylic acids is 1. The molecule has 1 aliphatic rings. The summed E-state index contributed by atoms with van der Waals surface area (Å²) in [6, 6.07) is 5.36. The predicted octanol–water partition coefficient (Wildman–Crippen LogP) is 2.18. The van der Waals surface area contributed by atoms with Crippen molar-refractivity contribution in [2.24, 2.45) is 5.92 Å². The van der Waals surface area contributed by atoms with E-state index >= 15 is 0 Å². The quantitative estimate of drug-likeness (QED) is 0.784. The number of rotatable bonds is 4. The Labute approximate surface area is 142 Å². The molecule has 124 valence electrons. The Balaban J connectivity index is 1.44. The van der Waals surface area contributed by atoms with Gasteiger partial charge < -0.3 is 14.5 Å². The monoisotopic (exact) mass is 344 g/mol. The number of amides is 1. The zero-order chi connectivity index (χ0) is 16.4. The van der Waals surface area contributed by atoms with E-state index in [1.54, 1.807) is 23.5 Å². The molecule has 0 radical (unpaired) electrons. The molecule has 4 rings (SSSR count). The van der Waals surface area contributed by atoms with Gasteiger partial charge in [0.05, 0.1) is 25.2 Å². The third kappa shape index (κ3) is 2.98. The van der Waals surface area contributed by atoms with E-state index in [1.165, 1.54) is 6.26 Å². The number of ether oxygens (including phenoxy) is 1. The summed E-state index contributed by atoms with van der Waals surface area (Å²) < 4.78 is 12.8. The van der Waals surface area contributed by atoms with Gasteiger partial charge in [0.15, 0.2) is 5.76 Å². The molecule has 4 heterocycles. The van der Waals surface area contributed by atoms with Crippen molar-refractivity contribution in [2.45, 2.75) is 13.2 Å². The lowest BCUT2D eigenvalue weighted by Gasteiger charge is -2.14. The van der Waals surface area contributed by atoms with Crippen LogP contribution in [-0.2, 0) is 17.9 Å². The first-order chi connectivity index (χ1) is 11.8. The lowest BCUT2D eigenvalue weighted by molar-refractivity contribution is 0.0835. The van der Waals surface area contributed by atoms with Crippen LogP contribution in [0.4, 0.5) is 0 Å². The highest BCUT2D eigenvalue weighted by atomic mass is 32.1. The second-order valence-electron chi connectivity index (χ2n) is 5.65. The maximum absolute atomic E-state index is 12.0. The van der Waals surface area contributed by atoms with E-state index in [0.29, 0.717) is 32.1 Å². The van der Waals surface area contributed by atoms with Crippen molar-refractivity contribution >= 4 is 17.2 Å². The van der Waals surface area contributed by atoms with Gasteiger partial charge in [-0.25, -0.2) is 4.68 Å². The molecular formula is C16H16N4O3S. The molecule has 0 saturated carbocycles. The minimum absolute atomic E-state index is 0.127. The number of aromatic nitrogens is 3. The summed E-state index contributed by atoms with van der Waals surface area (Å²) in [5.41, 5.74) is 2.92. The largest absolute Gasteiger partial charge is 0.459 e. The van der Waals surface area contributed by atoms with Crippen LogP contribution in [0.15, 0.2) is 39.6 Å². The van der Waals surface area contributed by atoms with E-state index in [2.05, 4.69) is 21.0 Å². The van der Waals surface area contributed by atoms with E-state index < -0.39 is 0 Å². The first-order valence-corrected chi connectivity index (χ1v) is 8.60. The lowest BCUT2D eigenvalue weighted by Crippen LogP contribution is -2.32. The van der Waals surface area contributed by atoms with Crippen molar-refractivity contribution in [1.29, 1.82) is 0 Å². The number of fused-ring (bicyclic) bond motifs is 1. The van der Waals surface area contributed by atoms with Crippen molar-refractivity contribution in [1.82, 2.24) is 20.3 Å². The molecule has 1 amide bonds. The van der Waals surface area contributed by atoms with Crippen LogP contribution in [0.5, 0.6) is 0 Å². The van der Waals surface area contributed by atoms with Gasteiger partial charge in [-0.1, -0.05) is 5.21 Å². The highest BCUT2D eigenvalue weighted by Crippen LogP contribution is 2.26. The molecule has 0 fully saturated rings. The fourth-order valence-corrected chi connectivity index (χ4v) is 3.36.